The highest BCUT2D eigenvalue weighted by molar-refractivity contribution is 6.06. The molecule has 2 rings (SSSR count). The molecule has 1 aromatic heterocycles. The van der Waals surface area contributed by atoms with E-state index in [9.17, 15) is 14.4 Å². The summed E-state index contributed by atoms with van der Waals surface area (Å²) in [4.78, 5) is 41.0. The summed E-state index contributed by atoms with van der Waals surface area (Å²) < 4.78 is 6.91. The van der Waals surface area contributed by atoms with E-state index in [0.29, 0.717) is 29.3 Å². The van der Waals surface area contributed by atoms with E-state index in [-0.39, 0.29) is 24.2 Å². The van der Waals surface area contributed by atoms with Gasteiger partial charge in [0.2, 0.25) is 5.91 Å². The molecule has 168 valence electrons. The maximum Gasteiger partial charge on any atom is 0.355 e. The van der Waals surface area contributed by atoms with E-state index in [4.69, 9.17) is 4.74 Å². The molecule has 1 aliphatic carbocycles. The molecule has 1 unspecified atom stereocenters. The second-order valence-corrected chi connectivity index (χ2v) is 8.95. The first-order chi connectivity index (χ1) is 14.1. The molecule has 1 amide bonds. The molecule has 0 aromatic carbocycles. The van der Waals surface area contributed by atoms with E-state index in [1.54, 1.807) is 30.4 Å². The Morgan fingerprint density at radius 3 is 2.27 bits per heavy atom. The van der Waals surface area contributed by atoms with Crippen LogP contribution in [0, 0.1) is 25.7 Å². The molecule has 6 heteroatoms. The maximum absolute atomic E-state index is 13.6. The molecule has 1 aromatic rings. The second kappa shape index (κ2) is 10.3. The normalized spacial score (nSPS) is 15.5. The Balaban J connectivity index is 2.37. The number of carbonyl (C=O) groups is 3. The van der Waals surface area contributed by atoms with Crippen molar-refractivity contribution in [2.75, 3.05) is 13.2 Å². The standard InChI is InChI=1S/C24H38N2O4/c1-8-30-24(29)21-16(4)20(17(5)25(21)7)22(27)18(6)26(14-13-15(2)3)23(28)19-11-9-10-12-19/h15,18-19H,8-14H2,1-7H3. The van der Waals surface area contributed by atoms with Gasteiger partial charge < -0.3 is 14.2 Å². The number of aromatic nitrogens is 1. The van der Waals surface area contributed by atoms with Gasteiger partial charge in [-0.1, -0.05) is 26.7 Å². The molecule has 30 heavy (non-hydrogen) atoms. The fourth-order valence-electron chi connectivity index (χ4n) is 4.48. The van der Waals surface area contributed by atoms with Crippen LogP contribution in [-0.2, 0) is 16.6 Å². The molecule has 0 radical (unpaired) electrons. The Labute approximate surface area is 181 Å². The van der Waals surface area contributed by atoms with Crippen LogP contribution in [0.2, 0.25) is 0 Å². The summed E-state index contributed by atoms with van der Waals surface area (Å²) in [6.45, 7) is 12.3. The second-order valence-electron chi connectivity index (χ2n) is 8.95. The van der Waals surface area contributed by atoms with E-state index in [2.05, 4.69) is 13.8 Å². The number of amides is 1. The van der Waals surface area contributed by atoms with Crippen LogP contribution < -0.4 is 0 Å². The number of Topliss-reactive ketones (excluding diaryl/α,β-unsaturated/α-hetero) is 1. The molecule has 0 aliphatic heterocycles. The van der Waals surface area contributed by atoms with Gasteiger partial charge in [-0.05, 0) is 58.4 Å². The summed E-state index contributed by atoms with van der Waals surface area (Å²) in [6, 6.07) is -0.563. The molecule has 0 saturated heterocycles. The fraction of sp³-hybridized carbons (Fsp3) is 0.708. The van der Waals surface area contributed by atoms with Crippen LogP contribution in [0.5, 0.6) is 0 Å². The van der Waals surface area contributed by atoms with Crippen molar-refractivity contribution in [1.29, 1.82) is 0 Å². The van der Waals surface area contributed by atoms with Crippen molar-refractivity contribution in [1.82, 2.24) is 9.47 Å². The highest BCUT2D eigenvalue weighted by atomic mass is 16.5. The van der Waals surface area contributed by atoms with Crippen molar-refractivity contribution in [3.05, 3.63) is 22.5 Å². The zero-order valence-corrected chi connectivity index (χ0v) is 19.7. The first kappa shape index (κ1) is 24.2. The van der Waals surface area contributed by atoms with Crippen molar-refractivity contribution < 1.29 is 19.1 Å². The molecule has 0 spiro atoms. The zero-order chi connectivity index (χ0) is 22.6. The zero-order valence-electron chi connectivity index (χ0n) is 19.7. The predicted octanol–water partition coefficient (Wildman–Crippen LogP) is 4.45. The molecule has 1 heterocycles. The lowest BCUT2D eigenvalue weighted by Gasteiger charge is -2.31. The lowest BCUT2D eigenvalue weighted by atomic mass is 9.97. The van der Waals surface area contributed by atoms with Gasteiger partial charge in [0.25, 0.3) is 0 Å². The minimum Gasteiger partial charge on any atom is -0.461 e. The van der Waals surface area contributed by atoms with Crippen molar-refractivity contribution in [3.8, 4) is 0 Å². The van der Waals surface area contributed by atoms with Crippen molar-refractivity contribution in [2.24, 2.45) is 18.9 Å². The molecular formula is C24H38N2O4. The molecule has 1 aliphatic rings. The summed E-state index contributed by atoms with van der Waals surface area (Å²) in [7, 11) is 1.77. The van der Waals surface area contributed by atoms with Gasteiger partial charge in [0.15, 0.2) is 5.78 Å². The first-order valence-corrected chi connectivity index (χ1v) is 11.3. The van der Waals surface area contributed by atoms with E-state index in [0.717, 1.165) is 37.8 Å². The number of carbonyl (C=O) groups excluding carboxylic acids is 3. The summed E-state index contributed by atoms with van der Waals surface area (Å²) in [6.07, 6.45) is 4.84. The molecule has 0 N–H and O–H groups in total. The third-order valence-corrected chi connectivity index (χ3v) is 6.43. The van der Waals surface area contributed by atoms with Crippen LogP contribution in [-0.4, -0.2) is 46.3 Å². The Kier molecular flexibility index (Phi) is 8.27. The molecule has 6 nitrogen and oxygen atoms in total. The number of rotatable bonds is 9. The number of esters is 1. The first-order valence-electron chi connectivity index (χ1n) is 11.3. The number of ketones is 1. The Bertz CT molecular complexity index is 788. The largest absolute Gasteiger partial charge is 0.461 e. The number of nitrogens with zero attached hydrogens (tertiary/aromatic N) is 2. The topological polar surface area (TPSA) is 68.6 Å². The van der Waals surface area contributed by atoms with Crippen LogP contribution in [0.25, 0.3) is 0 Å². The van der Waals surface area contributed by atoms with Crippen LogP contribution in [0.4, 0.5) is 0 Å². The van der Waals surface area contributed by atoms with Gasteiger partial charge in [-0.15, -0.1) is 0 Å². The highest BCUT2D eigenvalue weighted by Gasteiger charge is 2.35. The van der Waals surface area contributed by atoms with Crippen LogP contribution in [0.3, 0.4) is 0 Å². The van der Waals surface area contributed by atoms with Crippen LogP contribution in [0.15, 0.2) is 0 Å². The van der Waals surface area contributed by atoms with Gasteiger partial charge in [-0.2, -0.15) is 0 Å². The molecule has 1 atom stereocenters. The van der Waals surface area contributed by atoms with Crippen molar-refractivity contribution >= 4 is 17.7 Å². The summed E-state index contributed by atoms with van der Waals surface area (Å²) in [5, 5.41) is 0. The van der Waals surface area contributed by atoms with E-state index in [1.165, 1.54) is 0 Å². The summed E-state index contributed by atoms with van der Waals surface area (Å²) in [5.41, 5.74) is 2.29. The average Bonchev–Trinajstić information content (AvgIpc) is 3.29. The SMILES string of the molecule is CCOC(=O)c1c(C)c(C(=O)C(C)N(CCC(C)C)C(=O)C2CCCC2)c(C)n1C. The predicted molar refractivity (Wildman–Crippen MR) is 118 cm³/mol. The van der Waals surface area contributed by atoms with Gasteiger partial charge >= 0.3 is 5.97 Å². The lowest BCUT2D eigenvalue weighted by molar-refractivity contribution is -0.136. The van der Waals surface area contributed by atoms with E-state index < -0.39 is 12.0 Å². The Hall–Kier alpha value is -2.11. The summed E-state index contributed by atoms with van der Waals surface area (Å²) >= 11 is 0. The number of ether oxygens (including phenoxy) is 1. The maximum atomic E-state index is 13.6. The van der Waals surface area contributed by atoms with E-state index in [1.807, 2.05) is 13.8 Å². The monoisotopic (exact) mass is 418 g/mol. The minimum absolute atomic E-state index is 0.0282. The van der Waals surface area contributed by atoms with E-state index >= 15 is 0 Å². The Morgan fingerprint density at radius 2 is 1.73 bits per heavy atom. The van der Waals surface area contributed by atoms with Gasteiger partial charge in [0.05, 0.1) is 12.6 Å². The minimum atomic E-state index is -0.563. The number of hydrogen-bond acceptors (Lipinski definition) is 4. The molecular weight excluding hydrogens is 380 g/mol. The van der Waals surface area contributed by atoms with Gasteiger partial charge in [-0.25, -0.2) is 4.79 Å². The third-order valence-electron chi connectivity index (χ3n) is 6.43. The quantitative estimate of drug-likeness (QED) is 0.439. The fourth-order valence-corrected chi connectivity index (χ4v) is 4.48. The molecule has 1 fully saturated rings. The van der Waals surface area contributed by atoms with Gasteiger partial charge in [0, 0.05) is 30.8 Å². The van der Waals surface area contributed by atoms with Crippen molar-refractivity contribution in [3.63, 3.8) is 0 Å². The summed E-state index contributed by atoms with van der Waals surface area (Å²) in [5.74, 6) is 0.0466. The molecule has 0 bridgehead atoms. The lowest BCUT2D eigenvalue weighted by Crippen LogP contribution is -2.46. The number of hydrogen-bond donors (Lipinski definition) is 0. The molecule has 1 saturated carbocycles. The van der Waals surface area contributed by atoms with Gasteiger partial charge in [-0.3, -0.25) is 9.59 Å². The van der Waals surface area contributed by atoms with Crippen LogP contribution in [0.1, 0.15) is 91.9 Å². The average molecular weight is 419 g/mol. The third kappa shape index (κ3) is 4.96. The van der Waals surface area contributed by atoms with Crippen LogP contribution >= 0.6 is 0 Å². The highest BCUT2D eigenvalue weighted by Crippen LogP contribution is 2.29. The van der Waals surface area contributed by atoms with Crippen molar-refractivity contribution in [2.45, 2.75) is 79.7 Å². The smallest absolute Gasteiger partial charge is 0.355 e. The Morgan fingerprint density at radius 1 is 1.13 bits per heavy atom. The van der Waals surface area contributed by atoms with Gasteiger partial charge in [0.1, 0.15) is 5.69 Å².